The van der Waals surface area contributed by atoms with E-state index in [4.69, 9.17) is 4.42 Å². The van der Waals surface area contributed by atoms with Crippen molar-refractivity contribution in [1.29, 1.82) is 0 Å². The van der Waals surface area contributed by atoms with Gasteiger partial charge in [-0.05, 0) is 76.4 Å². The summed E-state index contributed by atoms with van der Waals surface area (Å²) < 4.78 is 6.56. The van der Waals surface area contributed by atoms with Gasteiger partial charge in [-0.1, -0.05) is 29.4 Å². The van der Waals surface area contributed by atoms with Crippen LogP contribution in [-0.4, -0.2) is 52.2 Å². The van der Waals surface area contributed by atoms with E-state index in [1.54, 1.807) is 19.1 Å². The van der Waals surface area contributed by atoms with Gasteiger partial charge < -0.3 is 45.3 Å². The van der Waals surface area contributed by atoms with Gasteiger partial charge in [0.1, 0.15) is 56.7 Å². The summed E-state index contributed by atoms with van der Waals surface area (Å²) in [7, 11) is 0. The van der Waals surface area contributed by atoms with E-state index in [1.165, 1.54) is 43.3 Å². The number of hydrogen-bond acceptors (Lipinski definition) is 11. The molecule has 0 amide bonds. The molecule has 6 rings (SSSR count). The van der Waals surface area contributed by atoms with Crippen molar-refractivity contribution in [3.8, 4) is 45.8 Å². The van der Waals surface area contributed by atoms with E-state index in [-0.39, 0.29) is 74.5 Å². The summed E-state index contributed by atoms with van der Waals surface area (Å²) in [5.41, 5.74) is -0.804. The van der Waals surface area contributed by atoms with Crippen LogP contribution in [0.3, 0.4) is 0 Å². The summed E-state index contributed by atoms with van der Waals surface area (Å²) in [6, 6.07) is 11.3. The molecule has 4 aromatic rings. The number of aliphatic hydroxyl groups excluding tert-OH is 1. The first-order valence-electron chi connectivity index (χ1n) is 16.7. The van der Waals surface area contributed by atoms with Gasteiger partial charge in [0.15, 0.2) is 11.2 Å². The predicted molar refractivity (Wildman–Crippen MR) is 193 cm³/mol. The third-order valence-corrected chi connectivity index (χ3v) is 9.89. The van der Waals surface area contributed by atoms with Crippen molar-refractivity contribution in [2.75, 3.05) is 0 Å². The predicted octanol–water partition coefficient (Wildman–Crippen LogP) is 5.27. The zero-order valence-corrected chi connectivity index (χ0v) is 29.0. The number of carbonyl (C=O) groups excluding carboxylic acids is 1. The molecule has 1 heterocycles. The standard InChI is InChI=1S/C41H40O11/c1-19(2)5-9-27-38(50)35-33(48)18-41(4,51)36(40(35)52-39(27)26-12-8-23(44)17-32(26)47)29-14-20(3)13-28(24-10-6-21(42)15-30(24)45)34(29)37(49)25-11-7-22(43)16-31(25)46/h5-8,10-12,14-17,28-29,34,42-48,51H,9,13,18H2,1-4H3. The molecule has 270 valence electrons. The quantitative estimate of drug-likeness (QED) is 0.0916. The monoisotopic (exact) mass is 708 g/mol. The maximum atomic E-state index is 14.8. The van der Waals surface area contributed by atoms with Crippen LogP contribution in [0.1, 0.15) is 67.9 Å². The Kier molecular flexibility index (Phi) is 9.18. The zero-order chi connectivity index (χ0) is 37.8. The smallest absolute Gasteiger partial charge is 0.200 e. The molecular weight excluding hydrogens is 668 g/mol. The molecule has 3 aromatic carbocycles. The van der Waals surface area contributed by atoms with Crippen molar-refractivity contribution in [2.24, 2.45) is 11.8 Å². The van der Waals surface area contributed by atoms with Crippen LogP contribution in [0.25, 0.3) is 22.7 Å². The Morgan fingerprint density at radius 1 is 0.885 bits per heavy atom. The summed E-state index contributed by atoms with van der Waals surface area (Å²) in [5.74, 6) is -6.14. The number of aromatic hydroxyl groups is 6. The Bertz CT molecular complexity index is 2370. The minimum atomic E-state index is -1.93. The zero-order valence-electron chi connectivity index (χ0n) is 29.0. The van der Waals surface area contributed by atoms with Crippen molar-refractivity contribution in [2.45, 2.75) is 58.5 Å². The highest BCUT2D eigenvalue weighted by Crippen LogP contribution is 2.51. The summed E-state index contributed by atoms with van der Waals surface area (Å²) in [5, 5.41) is 86.4. The first-order valence-corrected chi connectivity index (χ1v) is 16.7. The van der Waals surface area contributed by atoms with Crippen LogP contribution in [-0.2, 0) is 6.42 Å². The molecule has 4 atom stereocenters. The molecule has 0 aliphatic heterocycles. The van der Waals surface area contributed by atoms with Gasteiger partial charge in [0.2, 0.25) is 0 Å². The average Bonchev–Trinajstić information content (AvgIpc) is 3.03. The van der Waals surface area contributed by atoms with Gasteiger partial charge in [-0.25, -0.2) is 0 Å². The molecule has 52 heavy (non-hydrogen) atoms. The molecule has 0 saturated heterocycles. The summed E-state index contributed by atoms with van der Waals surface area (Å²) in [6.07, 6.45) is 3.40. The van der Waals surface area contributed by atoms with E-state index in [9.17, 15) is 50.4 Å². The van der Waals surface area contributed by atoms with Gasteiger partial charge in [0.05, 0.1) is 16.7 Å². The molecule has 1 aromatic heterocycles. The Hall–Kier alpha value is -5.94. The SMILES string of the molecule is CC(C)=CCc1c(-c2ccc(O)cc2O)oc2c(c1=O)=C(O)CC(C)(O)C=2C1C=C(C)CC(c2ccc(O)cc2O)C1C(=O)c1ccc(O)cc1O. The number of rotatable bonds is 7. The minimum absolute atomic E-state index is 0.0541. The Morgan fingerprint density at radius 2 is 1.50 bits per heavy atom. The third kappa shape index (κ3) is 6.39. The lowest BCUT2D eigenvalue weighted by molar-refractivity contribution is 0.0821. The molecule has 0 bridgehead atoms. The highest BCUT2D eigenvalue weighted by molar-refractivity contribution is 6.02. The highest BCUT2D eigenvalue weighted by atomic mass is 16.3. The number of fused-ring (bicyclic) bond motifs is 1. The molecular formula is C41H40O11. The molecule has 8 N–H and O–H groups in total. The summed E-state index contributed by atoms with van der Waals surface area (Å²) >= 11 is 0. The van der Waals surface area contributed by atoms with Crippen molar-refractivity contribution in [3.05, 3.63) is 115 Å². The van der Waals surface area contributed by atoms with E-state index < -0.39 is 58.2 Å². The van der Waals surface area contributed by atoms with Gasteiger partial charge >= 0.3 is 0 Å². The third-order valence-electron chi connectivity index (χ3n) is 9.89. The lowest BCUT2D eigenvalue weighted by Crippen LogP contribution is -2.53. The first-order chi connectivity index (χ1) is 24.5. The number of benzene rings is 3. The van der Waals surface area contributed by atoms with Crippen LogP contribution in [0.4, 0.5) is 0 Å². The lowest BCUT2D eigenvalue weighted by Gasteiger charge is -2.42. The molecule has 0 radical (unpaired) electrons. The molecule has 4 unspecified atom stereocenters. The van der Waals surface area contributed by atoms with E-state index >= 15 is 0 Å². The number of phenols is 6. The second-order valence-corrected chi connectivity index (χ2v) is 14.1. The van der Waals surface area contributed by atoms with Gasteiger partial charge in [-0.15, -0.1) is 0 Å². The maximum absolute atomic E-state index is 14.8. The van der Waals surface area contributed by atoms with Crippen LogP contribution in [0, 0.1) is 11.8 Å². The van der Waals surface area contributed by atoms with Gasteiger partial charge in [-0.2, -0.15) is 0 Å². The van der Waals surface area contributed by atoms with Crippen molar-refractivity contribution in [1.82, 2.24) is 0 Å². The molecule has 0 spiro atoms. The molecule has 2 aliphatic rings. The summed E-state index contributed by atoms with van der Waals surface area (Å²) in [4.78, 5) is 29.3. The van der Waals surface area contributed by atoms with Crippen molar-refractivity contribution >= 4 is 17.1 Å². The Morgan fingerprint density at radius 3 is 2.12 bits per heavy atom. The Balaban J connectivity index is 1.75. The minimum Gasteiger partial charge on any atom is -0.511 e. The largest absolute Gasteiger partial charge is 0.511 e. The number of aliphatic hydroxyl groups is 2. The number of phenolic OH excluding ortho intramolecular Hbond substituents is 6. The van der Waals surface area contributed by atoms with Crippen LogP contribution in [0.5, 0.6) is 34.5 Å². The second kappa shape index (κ2) is 13.3. The highest BCUT2D eigenvalue weighted by Gasteiger charge is 2.48. The van der Waals surface area contributed by atoms with Crippen LogP contribution in [0.15, 0.2) is 87.1 Å². The number of ketones is 1. The fourth-order valence-corrected chi connectivity index (χ4v) is 7.58. The molecule has 11 heteroatoms. The van der Waals surface area contributed by atoms with Crippen molar-refractivity contribution < 1.29 is 50.1 Å². The van der Waals surface area contributed by atoms with Crippen LogP contribution < -0.4 is 16.1 Å². The number of carbonyl (C=O) groups is 1. The first kappa shape index (κ1) is 35.9. The van der Waals surface area contributed by atoms with Crippen LogP contribution >= 0.6 is 0 Å². The second-order valence-electron chi connectivity index (χ2n) is 14.1. The normalized spacial score (nSPS) is 21.3. The molecule has 0 saturated carbocycles. The average molecular weight is 709 g/mol. The van der Waals surface area contributed by atoms with E-state index in [0.29, 0.717) is 5.56 Å². The maximum Gasteiger partial charge on any atom is 0.200 e. The Labute approximate surface area is 298 Å². The van der Waals surface area contributed by atoms with E-state index in [2.05, 4.69) is 0 Å². The number of Topliss-reactive ketones (excluding diaryl/α,β-unsaturated/α-hetero) is 1. The topological polar surface area (TPSA) is 209 Å². The van der Waals surface area contributed by atoms with Crippen LogP contribution in [0.2, 0.25) is 0 Å². The molecule has 11 nitrogen and oxygen atoms in total. The molecule has 0 fully saturated rings. The van der Waals surface area contributed by atoms with E-state index in [1.807, 2.05) is 13.8 Å². The van der Waals surface area contributed by atoms with Gasteiger partial charge in [-0.3, -0.25) is 9.59 Å². The molecule has 2 aliphatic carbocycles. The van der Waals surface area contributed by atoms with Gasteiger partial charge in [0, 0.05) is 53.5 Å². The number of hydrogen-bond donors (Lipinski definition) is 8. The number of allylic oxidation sites excluding steroid dienone is 4. The lowest BCUT2D eigenvalue weighted by atomic mass is 9.62. The summed E-state index contributed by atoms with van der Waals surface area (Å²) in [6.45, 7) is 6.90. The fraction of sp³-hybridized carbons (Fsp3) is 0.268. The van der Waals surface area contributed by atoms with Crippen molar-refractivity contribution in [3.63, 3.8) is 0 Å². The van der Waals surface area contributed by atoms with E-state index in [0.717, 1.165) is 29.3 Å². The van der Waals surface area contributed by atoms with Gasteiger partial charge in [0.25, 0.3) is 0 Å². The fourth-order valence-electron chi connectivity index (χ4n) is 7.58.